The molecule has 1 amide bonds. The molecular weight excluding hydrogens is 280 g/mol. The van der Waals surface area contributed by atoms with Crippen LogP contribution in [0.4, 0.5) is 5.69 Å². The first-order valence-corrected chi connectivity index (χ1v) is 8.05. The SMILES string of the molecule is Nc1ccc(C2CCN(C(=O)C3CC(O)C(O)C3)CC2)cc1. The highest BCUT2D eigenvalue weighted by Gasteiger charge is 2.38. The van der Waals surface area contributed by atoms with Crippen LogP contribution in [0.3, 0.4) is 0 Å². The van der Waals surface area contributed by atoms with Crippen LogP contribution in [0.2, 0.25) is 0 Å². The molecule has 2 atom stereocenters. The predicted molar refractivity (Wildman–Crippen MR) is 84.1 cm³/mol. The number of hydrogen-bond donors (Lipinski definition) is 3. The van der Waals surface area contributed by atoms with Gasteiger partial charge in [-0.3, -0.25) is 4.79 Å². The molecule has 0 aromatic heterocycles. The zero-order valence-corrected chi connectivity index (χ0v) is 12.7. The highest BCUT2D eigenvalue weighted by atomic mass is 16.3. The Kier molecular flexibility index (Phi) is 4.36. The van der Waals surface area contributed by atoms with Crippen molar-refractivity contribution in [1.29, 1.82) is 0 Å². The van der Waals surface area contributed by atoms with E-state index in [2.05, 4.69) is 12.1 Å². The lowest BCUT2D eigenvalue weighted by molar-refractivity contribution is -0.136. The molecule has 1 heterocycles. The van der Waals surface area contributed by atoms with Crippen molar-refractivity contribution in [2.75, 3.05) is 18.8 Å². The van der Waals surface area contributed by atoms with Gasteiger partial charge in [0.25, 0.3) is 0 Å². The first-order chi connectivity index (χ1) is 10.5. The van der Waals surface area contributed by atoms with E-state index in [4.69, 9.17) is 5.73 Å². The number of carbonyl (C=O) groups excluding carboxylic acids is 1. The second-order valence-corrected chi connectivity index (χ2v) is 6.57. The monoisotopic (exact) mass is 304 g/mol. The number of amides is 1. The minimum Gasteiger partial charge on any atom is -0.399 e. The van der Waals surface area contributed by atoms with Crippen LogP contribution in [0.5, 0.6) is 0 Å². The second kappa shape index (κ2) is 6.26. The number of nitrogens with two attached hydrogens (primary N) is 1. The van der Waals surface area contributed by atoms with Gasteiger partial charge in [0.15, 0.2) is 0 Å². The molecule has 1 aromatic carbocycles. The quantitative estimate of drug-likeness (QED) is 0.714. The average molecular weight is 304 g/mol. The minimum atomic E-state index is -0.749. The maximum absolute atomic E-state index is 12.5. The third-order valence-corrected chi connectivity index (χ3v) is 5.06. The van der Waals surface area contributed by atoms with E-state index in [0.29, 0.717) is 18.8 Å². The average Bonchev–Trinajstić information content (AvgIpc) is 2.87. The largest absolute Gasteiger partial charge is 0.399 e. The van der Waals surface area contributed by atoms with Gasteiger partial charge in [0.2, 0.25) is 5.91 Å². The zero-order valence-electron chi connectivity index (χ0n) is 12.7. The molecule has 1 saturated heterocycles. The Labute approximate surface area is 130 Å². The van der Waals surface area contributed by atoms with E-state index >= 15 is 0 Å². The fraction of sp³-hybridized carbons (Fsp3) is 0.588. The number of carbonyl (C=O) groups is 1. The van der Waals surface area contributed by atoms with Crippen LogP contribution in [0, 0.1) is 5.92 Å². The molecule has 120 valence electrons. The predicted octanol–water partition coefficient (Wildman–Crippen LogP) is 1.11. The molecule has 5 heteroatoms. The Morgan fingerprint density at radius 3 is 2.14 bits per heavy atom. The minimum absolute atomic E-state index is 0.0892. The van der Waals surface area contributed by atoms with E-state index in [-0.39, 0.29) is 11.8 Å². The van der Waals surface area contributed by atoms with Crippen molar-refractivity contribution in [3.05, 3.63) is 29.8 Å². The summed E-state index contributed by atoms with van der Waals surface area (Å²) in [5.41, 5.74) is 7.77. The van der Waals surface area contributed by atoms with Crippen LogP contribution >= 0.6 is 0 Å². The number of nitrogen functional groups attached to an aromatic ring is 1. The first-order valence-electron chi connectivity index (χ1n) is 8.05. The third-order valence-electron chi connectivity index (χ3n) is 5.06. The molecule has 2 aliphatic rings. The van der Waals surface area contributed by atoms with Gasteiger partial charge in [-0.05, 0) is 49.3 Å². The van der Waals surface area contributed by atoms with E-state index < -0.39 is 12.2 Å². The van der Waals surface area contributed by atoms with E-state index in [1.807, 2.05) is 17.0 Å². The van der Waals surface area contributed by atoms with Crippen molar-refractivity contribution in [3.63, 3.8) is 0 Å². The van der Waals surface area contributed by atoms with Crippen LogP contribution in [0.1, 0.15) is 37.2 Å². The van der Waals surface area contributed by atoms with Crippen molar-refractivity contribution >= 4 is 11.6 Å². The lowest BCUT2D eigenvalue weighted by Gasteiger charge is -2.33. The van der Waals surface area contributed by atoms with Gasteiger partial charge in [-0.15, -0.1) is 0 Å². The van der Waals surface area contributed by atoms with Crippen LogP contribution in [0.15, 0.2) is 24.3 Å². The van der Waals surface area contributed by atoms with Crippen molar-refractivity contribution in [1.82, 2.24) is 4.90 Å². The molecule has 2 fully saturated rings. The number of likely N-dealkylation sites (tertiary alicyclic amines) is 1. The Bertz CT molecular complexity index is 513. The molecular formula is C17H24N2O3. The topological polar surface area (TPSA) is 86.8 Å². The summed E-state index contributed by atoms with van der Waals surface area (Å²) in [7, 11) is 0. The fourth-order valence-electron chi connectivity index (χ4n) is 3.65. The van der Waals surface area contributed by atoms with E-state index in [9.17, 15) is 15.0 Å². The van der Waals surface area contributed by atoms with Gasteiger partial charge in [0.05, 0.1) is 12.2 Å². The van der Waals surface area contributed by atoms with E-state index in [0.717, 1.165) is 31.6 Å². The van der Waals surface area contributed by atoms with E-state index in [1.54, 1.807) is 0 Å². The molecule has 1 aliphatic carbocycles. The molecule has 1 aromatic rings. The lowest BCUT2D eigenvalue weighted by Crippen LogP contribution is -2.41. The molecule has 0 bridgehead atoms. The number of aliphatic hydroxyl groups excluding tert-OH is 2. The summed E-state index contributed by atoms with van der Waals surface area (Å²) in [6.07, 6.45) is 1.18. The number of piperidine rings is 1. The van der Waals surface area contributed by atoms with Gasteiger partial charge in [-0.25, -0.2) is 0 Å². The summed E-state index contributed by atoms with van der Waals surface area (Å²) in [5.74, 6) is 0.342. The Hall–Kier alpha value is -1.59. The molecule has 0 radical (unpaired) electrons. The van der Waals surface area contributed by atoms with Crippen molar-refractivity contribution in [2.24, 2.45) is 5.92 Å². The Morgan fingerprint density at radius 2 is 1.59 bits per heavy atom. The molecule has 5 nitrogen and oxygen atoms in total. The van der Waals surface area contributed by atoms with Crippen LogP contribution in [-0.2, 0) is 4.79 Å². The molecule has 22 heavy (non-hydrogen) atoms. The maximum atomic E-state index is 12.5. The normalized spacial score (nSPS) is 29.7. The number of anilines is 1. The molecule has 3 rings (SSSR count). The molecule has 1 aliphatic heterocycles. The molecule has 1 saturated carbocycles. The molecule has 0 spiro atoms. The van der Waals surface area contributed by atoms with Crippen LogP contribution in [0.25, 0.3) is 0 Å². The van der Waals surface area contributed by atoms with Gasteiger partial charge in [0.1, 0.15) is 0 Å². The van der Waals surface area contributed by atoms with Crippen LogP contribution < -0.4 is 5.73 Å². The number of aliphatic hydroxyl groups is 2. The Balaban J connectivity index is 1.55. The third kappa shape index (κ3) is 3.10. The highest BCUT2D eigenvalue weighted by molar-refractivity contribution is 5.79. The highest BCUT2D eigenvalue weighted by Crippen LogP contribution is 2.32. The number of rotatable bonds is 2. The summed E-state index contributed by atoms with van der Waals surface area (Å²) >= 11 is 0. The number of hydrogen-bond acceptors (Lipinski definition) is 4. The summed E-state index contributed by atoms with van der Waals surface area (Å²) < 4.78 is 0. The van der Waals surface area contributed by atoms with Crippen molar-refractivity contribution in [3.8, 4) is 0 Å². The maximum Gasteiger partial charge on any atom is 0.225 e. The van der Waals surface area contributed by atoms with Gasteiger partial charge < -0.3 is 20.8 Å². The zero-order chi connectivity index (χ0) is 15.7. The fourth-order valence-corrected chi connectivity index (χ4v) is 3.65. The Morgan fingerprint density at radius 1 is 1.05 bits per heavy atom. The summed E-state index contributed by atoms with van der Waals surface area (Å²) in [4.78, 5) is 14.4. The number of benzene rings is 1. The van der Waals surface area contributed by atoms with Gasteiger partial charge >= 0.3 is 0 Å². The van der Waals surface area contributed by atoms with Crippen molar-refractivity contribution in [2.45, 2.75) is 43.8 Å². The molecule has 2 unspecified atom stereocenters. The van der Waals surface area contributed by atoms with Crippen molar-refractivity contribution < 1.29 is 15.0 Å². The molecule has 4 N–H and O–H groups in total. The smallest absolute Gasteiger partial charge is 0.225 e. The van der Waals surface area contributed by atoms with Gasteiger partial charge in [0, 0.05) is 24.7 Å². The van der Waals surface area contributed by atoms with Crippen LogP contribution in [-0.4, -0.2) is 46.3 Å². The first kappa shape index (κ1) is 15.3. The standard InChI is InChI=1S/C17H24N2O3/c18-14-3-1-11(2-4-14)12-5-7-19(8-6-12)17(22)13-9-15(20)16(21)10-13/h1-4,12-13,15-16,20-21H,5-10,18H2. The van der Waals surface area contributed by atoms with Gasteiger partial charge in [-0.1, -0.05) is 12.1 Å². The number of nitrogens with zero attached hydrogens (tertiary/aromatic N) is 1. The van der Waals surface area contributed by atoms with Gasteiger partial charge in [-0.2, -0.15) is 0 Å². The summed E-state index contributed by atoms with van der Waals surface area (Å²) in [6.45, 7) is 1.49. The summed E-state index contributed by atoms with van der Waals surface area (Å²) in [5, 5.41) is 19.2. The van der Waals surface area contributed by atoms with E-state index in [1.165, 1.54) is 5.56 Å². The lowest BCUT2D eigenvalue weighted by atomic mass is 9.89. The summed E-state index contributed by atoms with van der Waals surface area (Å²) in [6, 6.07) is 7.99. The second-order valence-electron chi connectivity index (χ2n) is 6.57.